The number of thioether (sulfide) groups is 1. The van der Waals surface area contributed by atoms with Gasteiger partial charge in [0.1, 0.15) is 18.3 Å². The lowest BCUT2D eigenvalue weighted by molar-refractivity contribution is -0.107. The maximum atomic E-state index is 12.2. The Morgan fingerprint density at radius 3 is 2.60 bits per heavy atom. The lowest BCUT2D eigenvalue weighted by atomic mass is 10.1. The van der Waals surface area contributed by atoms with Crippen LogP contribution in [-0.4, -0.2) is 50.6 Å². The molecule has 0 N–H and O–H groups in total. The Morgan fingerprint density at radius 2 is 1.97 bits per heavy atom. The SMILES string of the molecule is CC(C)(C)[Si](C)(C)OCC(CC=O)S[C@@H]1CCC[C@H](COC(=O)c2ccccc2)O1. The van der Waals surface area contributed by atoms with Gasteiger partial charge >= 0.3 is 5.97 Å². The first-order chi connectivity index (χ1) is 14.1. The first-order valence-electron chi connectivity index (χ1n) is 10.7. The van der Waals surface area contributed by atoms with Gasteiger partial charge in [0, 0.05) is 18.3 Å². The van der Waals surface area contributed by atoms with E-state index in [4.69, 9.17) is 13.9 Å². The molecule has 0 bridgehead atoms. The number of hydrogen-bond acceptors (Lipinski definition) is 6. The van der Waals surface area contributed by atoms with Crippen molar-refractivity contribution in [3.05, 3.63) is 35.9 Å². The van der Waals surface area contributed by atoms with Gasteiger partial charge in [0.05, 0.1) is 11.7 Å². The Balaban J connectivity index is 1.83. The third-order valence-corrected chi connectivity index (χ3v) is 11.7. The number of carbonyl (C=O) groups is 2. The van der Waals surface area contributed by atoms with Crippen molar-refractivity contribution in [2.75, 3.05) is 13.2 Å². The first-order valence-corrected chi connectivity index (χ1v) is 14.6. The Labute approximate surface area is 186 Å². The van der Waals surface area contributed by atoms with E-state index in [0.29, 0.717) is 18.6 Å². The van der Waals surface area contributed by atoms with Crippen LogP contribution >= 0.6 is 11.8 Å². The first kappa shape index (κ1) is 25.1. The zero-order chi connectivity index (χ0) is 22.2. The average molecular weight is 453 g/mol. The molecular formula is C23H36O5SSi. The summed E-state index contributed by atoms with van der Waals surface area (Å²) in [7, 11) is -1.86. The number of hydrogen-bond donors (Lipinski definition) is 0. The zero-order valence-corrected chi connectivity index (χ0v) is 20.7. The second-order valence-corrected chi connectivity index (χ2v) is 15.6. The summed E-state index contributed by atoms with van der Waals surface area (Å²) in [6.45, 7) is 11.9. The minimum Gasteiger partial charge on any atom is -0.459 e. The van der Waals surface area contributed by atoms with Crippen molar-refractivity contribution < 1.29 is 23.5 Å². The van der Waals surface area contributed by atoms with Gasteiger partial charge in [-0.05, 0) is 49.5 Å². The Hall–Kier alpha value is -1.15. The molecule has 0 spiro atoms. The molecule has 2 rings (SSSR count). The molecule has 0 amide bonds. The molecule has 1 aromatic rings. The molecular weight excluding hydrogens is 416 g/mol. The monoisotopic (exact) mass is 452 g/mol. The van der Waals surface area contributed by atoms with Crippen LogP contribution in [0.1, 0.15) is 56.8 Å². The van der Waals surface area contributed by atoms with Crippen LogP contribution in [0.4, 0.5) is 0 Å². The van der Waals surface area contributed by atoms with Gasteiger partial charge in [-0.1, -0.05) is 39.0 Å². The molecule has 1 aliphatic heterocycles. The molecule has 0 saturated carbocycles. The largest absolute Gasteiger partial charge is 0.459 e. The van der Waals surface area contributed by atoms with Crippen LogP contribution in [0.15, 0.2) is 30.3 Å². The third-order valence-electron chi connectivity index (χ3n) is 5.86. The normalized spacial score (nSPS) is 21.1. The van der Waals surface area contributed by atoms with E-state index in [1.807, 2.05) is 18.2 Å². The minimum atomic E-state index is -1.86. The average Bonchev–Trinajstić information content (AvgIpc) is 2.70. The van der Waals surface area contributed by atoms with Crippen LogP contribution < -0.4 is 0 Å². The fourth-order valence-corrected chi connectivity index (χ4v) is 5.38. The molecule has 0 radical (unpaired) electrons. The standard InChI is InChI=1S/C23H36O5SSi/c1-23(2,3)30(4,5)27-17-20(14-15-24)29-21-13-9-12-19(28-21)16-26-22(25)18-10-7-6-8-11-18/h6-8,10-11,15,19-21H,9,12-14,16-17H2,1-5H3/t19-,20?,21-/m1/s1. The fraction of sp³-hybridized carbons (Fsp3) is 0.652. The maximum absolute atomic E-state index is 12.2. The van der Waals surface area contributed by atoms with Crippen LogP contribution in [0.25, 0.3) is 0 Å². The Kier molecular flexibility index (Phi) is 9.59. The Morgan fingerprint density at radius 1 is 1.27 bits per heavy atom. The highest BCUT2D eigenvalue weighted by Gasteiger charge is 2.38. The fourth-order valence-electron chi connectivity index (χ4n) is 2.91. The number of aldehydes is 1. The zero-order valence-electron chi connectivity index (χ0n) is 18.9. The van der Waals surface area contributed by atoms with Crippen LogP contribution in [0.5, 0.6) is 0 Å². The quantitative estimate of drug-likeness (QED) is 0.267. The second kappa shape index (κ2) is 11.5. The van der Waals surface area contributed by atoms with Crippen LogP contribution in [-0.2, 0) is 18.7 Å². The predicted octanol–water partition coefficient (Wildman–Crippen LogP) is 5.45. The molecule has 7 heteroatoms. The van der Waals surface area contributed by atoms with E-state index < -0.39 is 8.32 Å². The highest BCUT2D eigenvalue weighted by atomic mass is 32.2. The minimum absolute atomic E-state index is 0.00728. The molecule has 0 aromatic heterocycles. The number of esters is 1. The molecule has 0 aliphatic carbocycles. The molecule has 168 valence electrons. The van der Waals surface area contributed by atoms with Crippen molar-refractivity contribution in [1.29, 1.82) is 0 Å². The van der Waals surface area contributed by atoms with Crippen molar-refractivity contribution in [3.8, 4) is 0 Å². The van der Waals surface area contributed by atoms with Crippen LogP contribution in [0.3, 0.4) is 0 Å². The lowest BCUT2D eigenvalue weighted by Gasteiger charge is -2.38. The van der Waals surface area contributed by atoms with Gasteiger partial charge in [-0.25, -0.2) is 4.79 Å². The molecule has 30 heavy (non-hydrogen) atoms. The van der Waals surface area contributed by atoms with Gasteiger partial charge in [0.2, 0.25) is 0 Å². The summed E-state index contributed by atoms with van der Waals surface area (Å²) in [5, 5.41) is 0.214. The van der Waals surface area contributed by atoms with Crippen LogP contribution in [0.2, 0.25) is 18.1 Å². The van der Waals surface area contributed by atoms with Gasteiger partial charge in [-0.3, -0.25) is 0 Å². The van der Waals surface area contributed by atoms with Crippen molar-refractivity contribution >= 4 is 32.3 Å². The smallest absolute Gasteiger partial charge is 0.338 e. The molecule has 5 nitrogen and oxygen atoms in total. The van der Waals surface area contributed by atoms with Gasteiger partial charge < -0.3 is 18.7 Å². The molecule has 1 heterocycles. The summed E-state index contributed by atoms with van der Waals surface area (Å²) < 4.78 is 18.0. The van der Waals surface area contributed by atoms with Gasteiger partial charge in [0.25, 0.3) is 0 Å². The van der Waals surface area contributed by atoms with E-state index in [-0.39, 0.29) is 34.4 Å². The molecule has 1 unspecified atom stereocenters. The topological polar surface area (TPSA) is 61.8 Å². The van der Waals surface area contributed by atoms with Crippen LogP contribution in [0, 0.1) is 0 Å². The van der Waals surface area contributed by atoms with Crippen molar-refractivity contribution in [2.24, 2.45) is 0 Å². The van der Waals surface area contributed by atoms with Crippen molar-refractivity contribution in [1.82, 2.24) is 0 Å². The molecule has 1 aromatic carbocycles. The highest BCUT2D eigenvalue weighted by Crippen LogP contribution is 2.38. The van der Waals surface area contributed by atoms with E-state index in [0.717, 1.165) is 25.5 Å². The third kappa shape index (κ3) is 7.83. The number of carbonyl (C=O) groups excluding carboxylic acids is 2. The van der Waals surface area contributed by atoms with E-state index in [1.54, 1.807) is 23.9 Å². The van der Waals surface area contributed by atoms with Gasteiger partial charge in [-0.2, -0.15) is 0 Å². The summed E-state index contributed by atoms with van der Waals surface area (Å²) in [6, 6.07) is 9.00. The van der Waals surface area contributed by atoms with E-state index in [9.17, 15) is 9.59 Å². The molecule has 3 atom stereocenters. The molecule has 1 saturated heterocycles. The summed E-state index contributed by atoms with van der Waals surface area (Å²) in [5.74, 6) is -0.324. The number of benzene rings is 1. The van der Waals surface area contributed by atoms with Gasteiger partial charge in [-0.15, -0.1) is 11.8 Å². The number of ether oxygens (including phenoxy) is 2. The molecule has 1 fully saturated rings. The summed E-state index contributed by atoms with van der Waals surface area (Å²) in [6.07, 6.45) is 4.13. The van der Waals surface area contributed by atoms with E-state index in [1.165, 1.54) is 0 Å². The predicted molar refractivity (Wildman–Crippen MR) is 124 cm³/mol. The summed E-state index contributed by atoms with van der Waals surface area (Å²) in [4.78, 5) is 23.4. The second-order valence-electron chi connectivity index (χ2n) is 9.31. The lowest BCUT2D eigenvalue weighted by Crippen LogP contribution is -2.42. The number of rotatable bonds is 10. The molecule has 1 aliphatic rings. The maximum Gasteiger partial charge on any atom is 0.338 e. The summed E-state index contributed by atoms with van der Waals surface area (Å²) >= 11 is 1.68. The highest BCUT2D eigenvalue weighted by molar-refractivity contribution is 8.00. The van der Waals surface area contributed by atoms with Crippen molar-refractivity contribution in [2.45, 2.75) is 81.4 Å². The summed E-state index contributed by atoms with van der Waals surface area (Å²) in [5.41, 5.74) is 0.542. The van der Waals surface area contributed by atoms with Crippen molar-refractivity contribution in [3.63, 3.8) is 0 Å². The van der Waals surface area contributed by atoms with Gasteiger partial charge in [0.15, 0.2) is 8.32 Å². The van der Waals surface area contributed by atoms with E-state index >= 15 is 0 Å². The van der Waals surface area contributed by atoms with E-state index in [2.05, 4.69) is 33.9 Å². The Bertz CT molecular complexity index is 674.